The minimum absolute atomic E-state index is 0.0681. The molecule has 1 aromatic carbocycles. The summed E-state index contributed by atoms with van der Waals surface area (Å²) in [6.07, 6.45) is 7.66. The van der Waals surface area contributed by atoms with Crippen molar-refractivity contribution in [1.29, 1.82) is 0 Å². The van der Waals surface area contributed by atoms with Crippen LogP contribution in [0.3, 0.4) is 0 Å². The maximum atomic E-state index is 12.2. The van der Waals surface area contributed by atoms with Crippen LogP contribution in [0.25, 0.3) is 16.6 Å². The third-order valence-electron chi connectivity index (χ3n) is 3.89. The normalized spacial score (nSPS) is 11.2. The Bertz CT molecular complexity index is 1090. The Balaban J connectivity index is 1.71. The second kappa shape index (κ2) is 5.45. The molecule has 4 rings (SSSR count). The van der Waals surface area contributed by atoms with E-state index in [2.05, 4.69) is 15.3 Å². The topological polar surface area (TPSA) is 70.5 Å². The first kappa shape index (κ1) is 14.4. The van der Waals surface area contributed by atoms with Crippen molar-refractivity contribution in [3.8, 4) is 5.69 Å². The minimum atomic E-state index is -0.0681. The zero-order valence-corrected chi connectivity index (χ0v) is 13.4. The highest BCUT2D eigenvalue weighted by Gasteiger charge is 2.08. The molecule has 0 aliphatic heterocycles. The van der Waals surface area contributed by atoms with Gasteiger partial charge in [-0.05, 0) is 17.7 Å². The van der Waals surface area contributed by atoms with Crippen LogP contribution in [0.5, 0.6) is 0 Å². The molecule has 7 nitrogen and oxygen atoms in total. The lowest BCUT2D eigenvalue weighted by Crippen LogP contribution is -2.16. The van der Waals surface area contributed by atoms with Crippen LogP contribution in [0.2, 0.25) is 0 Å². The molecule has 0 atom stereocenters. The van der Waals surface area contributed by atoms with Crippen LogP contribution in [0.4, 0.5) is 0 Å². The van der Waals surface area contributed by atoms with Gasteiger partial charge in [0.2, 0.25) is 5.43 Å². The molecule has 0 saturated heterocycles. The Morgan fingerprint density at radius 3 is 2.71 bits per heavy atom. The van der Waals surface area contributed by atoms with E-state index in [1.165, 1.54) is 6.07 Å². The third kappa shape index (κ3) is 2.60. The molecular formula is C17H16N6O. The molecule has 0 bridgehead atoms. The van der Waals surface area contributed by atoms with Crippen molar-refractivity contribution in [2.24, 2.45) is 14.1 Å². The first-order chi connectivity index (χ1) is 11.6. The van der Waals surface area contributed by atoms with Crippen LogP contribution >= 0.6 is 0 Å². The summed E-state index contributed by atoms with van der Waals surface area (Å²) in [7, 11) is 3.74. The average Bonchev–Trinajstić information content (AvgIpc) is 3.14. The summed E-state index contributed by atoms with van der Waals surface area (Å²) in [5.41, 5.74) is 3.23. The van der Waals surface area contributed by atoms with Crippen LogP contribution < -0.4 is 5.43 Å². The van der Waals surface area contributed by atoms with Gasteiger partial charge in [-0.15, -0.1) is 0 Å². The van der Waals surface area contributed by atoms with E-state index >= 15 is 0 Å². The van der Waals surface area contributed by atoms with E-state index in [0.29, 0.717) is 12.1 Å². The highest BCUT2D eigenvalue weighted by molar-refractivity contribution is 5.78. The second-order valence-electron chi connectivity index (χ2n) is 5.82. The van der Waals surface area contributed by atoms with Gasteiger partial charge in [-0.25, -0.2) is 4.68 Å². The summed E-state index contributed by atoms with van der Waals surface area (Å²) in [6.45, 7) is 0. The van der Waals surface area contributed by atoms with Crippen molar-refractivity contribution in [3.63, 3.8) is 0 Å². The van der Waals surface area contributed by atoms with E-state index in [-0.39, 0.29) is 5.43 Å². The molecule has 0 aliphatic rings. The van der Waals surface area contributed by atoms with Gasteiger partial charge in [0, 0.05) is 44.4 Å². The zero-order chi connectivity index (χ0) is 16.7. The fraction of sp³-hybridized carbons (Fsp3) is 0.176. The molecule has 7 heteroatoms. The predicted octanol–water partition coefficient (Wildman–Crippen LogP) is 1.44. The van der Waals surface area contributed by atoms with E-state index < -0.39 is 0 Å². The van der Waals surface area contributed by atoms with E-state index in [4.69, 9.17) is 0 Å². The molecule has 0 fully saturated rings. The predicted molar refractivity (Wildman–Crippen MR) is 90.1 cm³/mol. The lowest BCUT2D eigenvalue weighted by molar-refractivity contribution is 0.762. The quantitative estimate of drug-likeness (QED) is 0.573. The number of hydrogen-bond acceptors (Lipinski definition) is 4. The van der Waals surface area contributed by atoms with Gasteiger partial charge in [-0.3, -0.25) is 14.2 Å². The van der Waals surface area contributed by atoms with Crippen LogP contribution in [0.15, 0.2) is 53.8 Å². The lowest BCUT2D eigenvalue weighted by Gasteiger charge is -2.05. The van der Waals surface area contributed by atoms with Crippen LogP contribution in [0.1, 0.15) is 11.3 Å². The largest absolute Gasteiger partial charge is 0.288 e. The molecule has 0 saturated carbocycles. The summed E-state index contributed by atoms with van der Waals surface area (Å²) in [4.78, 5) is 12.2. The van der Waals surface area contributed by atoms with Crippen molar-refractivity contribution < 1.29 is 0 Å². The summed E-state index contributed by atoms with van der Waals surface area (Å²) in [6, 6.07) is 7.54. The minimum Gasteiger partial charge on any atom is -0.288 e. The lowest BCUT2D eigenvalue weighted by atomic mass is 10.1. The molecule has 120 valence electrons. The van der Waals surface area contributed by atoms with Gasteiger partial charge in [0.05, 0.1) is 17.9 Å². The monoisotopic (exact) mass is 320 g/mol. The first-order valence-electron chi connectivity index (χ1n) is 7.59. The maximum absolute atomic E-state index is 12.2. The van der Waals surface area contributed by atoms with Crippen molar-refractivity contribution in [2.75, 3.05) is 0 Å². The fourth-order valence-corrected chi connectivity index (χ4v) is 2.74. The van der Waals surface area contributed by atoms with Gasteiger partial charge in [0.1, 0.15) is 11.4 Å². The van der Waals surface area contributed by atoms with Crippen LogP contribution in [-0.2, 0) is 20.5 Å². The van der Waals surface area contributed by atoms with Gasteiger partial charge in [-0.2, -0.15) is 15.3 Å². The summed E-state index contributed by atoms with van der Waals surface area (Å²) < 4.78 is 5.15. The number of aryl methyl sites for hydroxylation is 2. The summed E-state index contributed by atoms with van der Waals surface area (Å²) in [5, 5.41) is 14.0. The maximum Gasteiger partial charge on any atom is 0.203 e. The van der Waals surface area contributed by atoms with Crippen LogP contribution in [-0.4, -0.2) is 29.3 Å². The Labute approximate surface area is 137 Å². The molecule has 0 aliphatic carbocycles. The Morgan fingerprint density at radius 1 is 1.04 bits per heavy atom. The van der Waals surface area contributed by atoms with Crippen LogP contribution in [0, 0.1) is 0 Å². The molecule has 0 amide bonds. The third-order valence-corrected chi connectivity index (χ3v) is 3.89. The highest BCUT2D eigenvalue weighted by Crippen LogP contribution is 2.15. The molecule has 0 spiro atoms. The Morgan fingerprint density at radius 2 is 1.92 bits per heavy atom. The van der Waals surface area contributed by atoms with Crippen molar-refractivity contribution in [2.45, 2.75) is 6.42 Å². The Kier molecular flexibility index (Phi) is 3.26. The molecule has 0 radical (unpaired) electrons. The van der Waals surface area contributed by atoms with Gasteiger partial charge in [0.25, 0.3) is 0 Å². The van der Waals surface area contributed by atoms with Gasteiger partial charge >= 0.3 is 0 Å². The summed E-state index contributed by atoms with van der Waals surface area (Å²) >= 11 is 0. The summed E-state index contributed by atoms with van der Waals surface area (Å²) in [5.74, 6) is 0. The molecule has 4 aromatic rings. The molecule has 0 unspecified atom stereocenters. The standard InChI is InChI=1S/C17H16N6O/c1-21-11-14(9-18-21)23-6-5-17(24)16(20-23)8-12-3-4-15-13(7-12)10-22(2)19-15/h3-7,9-11H,8H2,1-2H3. The Hall–Kier alpha value is -3.22. The van der Waals surface area contributed by atoms with E-state index in [9.17, 15) is 4.79 Å². The number of rotatable bonds is 3. The number of benzene rings is 1. The highest BCUT2D eigenvalue weighted by atomic mass is 16.1. The van der Waals surface area contributed by atoms with Crippen molar-refractivity contribution >= 4 is 10.9 Å². The number of nitrogens with zero attached hydrogens (tertiary/aromatic N) is 6. The van der Waals surface area contributed by atoms with Crippen molar-refractivity contribution in [3.05, 3.63) is 70.5 Å². The first-order valence-corrected chi connectivity index (χ1v) is 7.59. The van der Waals surface area contributed by atoms with Gasteiger partial charge in [0.15, 0.2) is 0 Å². The number of fused-ring (bicyclic) bond motifs is 1. The van der Waals surface area contributed by atoms with E-state index in [0.717, 1.165) is 22.2 Å². The molecular weight excluding hydrogens is 304 g/mol. The number of hydrogen-bond donors (Lipinski definition) is 0. The molecule has 3 heterocycles. The molecule has 0 N–H and O–H groups in total. The smallest absolute Gasteiger partial charge is 0.203 e. The SMILES string of the molecule is Cn1cc(-n2ccc(=O)c(Cc3ccc4nn(C)cc4c3)n2)cn1. The fourth-order valence-electron chi connectivity index (χ4n) is 2.74. The van der Waals surface area contributed by atoms with E-state index in [1.807, 2.05) is 44.7 Å². The van der Waals surface area contributed by atoms with E-state index in [1.54, 1.807) is 26.4 Å². The van der Waals surface area contributed by atoms with Gasteiger partial charge < -0.3 is 0 Å². The zero-order valence-electron chi connectivity index (χ0n) is 13.4. The molecule has 24 heavy (non-hydrogen) atoms. The van der Waals surface area contributed by atoms with Crippen molar-refractivity contribution in [1.82, 2.24) is 29.3 Å². The van der Waals surface area contributed by atoms with Gasteiger partial charge in [-0.1, -0.05) is 6.07 Å². The second-order valence-corrected chi connectivity index (χ2v) is 5.82. The number of aromatic nitrogens is 6. The average molecular weight is 320 g/mol. The molecule has 3 aromatic heterocycles.